The molecule has 0 bridgehead atoms. The highest BCUT2D eigenvalue weighted by molar-refractivity contribution is 5.36. The van der Waals surface area contributed by atoms with Crippen molar-refractivity contribution >= 4 is 5.82 Å². The molecule has 0 saturated carbocycles. The van der Waals surface area contributed by atoms with Gasteiger partial charge in [0.05, 0.1) is 12.2 Å². The highest BCUT2D eigenvalue weighted by Crippen LogP contribution is 2.11. The molecule has 0 radical (unpaired) electrons. The Labute approximate surface area is 103 Å². The summed E-state index contributed by atoms with van der Waals surface area (Å²) < 4.78 is 11.1. The van der Waals surface area contributed by atoms with Crippen molar-refractivity contribution in [3.8, 4) is 5.88 Å². The van der Waals surface area contributed by atoms with Gasteiger partial charge in [-0.05, 0) is 33.8 Å². The molecule has 17 heavy (non-hydrogen) atoms. The lowest BCUT2D eigenvalue weighted by atomic mass is 10.2. The van der Waals surface area contributed by atoms with Crippen molar-refractivity contribution in [2.45, 2.75) is 33.3 Å². The molecule has 1 rings (SSSR count). The summed E-state index contributed by atoms with van der Waals surface area (Å²) in [5.41, 5.74) is -0.123. The van der Waals surface area contributed by atoms with E-state index in [1.807, 2.05) is 45.9 Å². The van der Waals surface area contributed by atoms with Crippen molar-refractivity contribution in [1.82, 2.24) is 4.98 Å². The second kappa shape index (κ2) is 6.45. The molecule has 1 aromatic rings. The summed E-state index contributed by atoms with van der Waals surface area (Å²) in [6, 6.07) is 5.69. The Morgan fingerprint density at radius 1 is 1.24 bits per heavy atom. The van der Waals surface area contributed by atoms with Crippen molar-refractivity contribution in [2.24, 2.45) is 0 Å². The van der Waals surface area contributed by atoms with Crippen molar-refractivity contribution in [1.29, 1.82) is 0 Å². The second-order valence-electron chi connectivity index (χ2n) is 4.70. The van der Waals surface area contributed by atoms with Crippen LogP contribution in [0.5, 0.6) is 5.88 Å². The fourth-order valence-electron chi connectivity index (χ4n) is 1.27. The van der Waals surface area contributed by atoms with Crippen LogP contribution in [0.15, 0.2) is 18.2 Å². The maximum atomic E-state index is 5.56. The van der Waals surface area contributed by atoms with Gasteiger partial charge in [-0.3, -0.25) is 0 Å². The Morgan fingerprint density at radius 2 is 2.00 bits per heavy atom. The molecule has 4 nitrogen and oxygen atoms in total. The van der Waals surface area contributed by atoms with Crippen LogP contribution >= 0.6 is 0 Å². The molecule has 0 amide bonds. The average Bonchev–Trinajstić information content (AvgIpc) is 2.24. The first kappa shape index (κ1) is 13.8. The van der Waals surface area contributed by atoms with Crippen LogP contribution in [0, 0.1) is 0 Å². The lowest BCUT2D eigenvalue weighted by Gasteiger charge is -2.19. The number of nitrogens with zero attached hydrogens (tertiary/aromatic N) is 1. The van der Waals surface area contributed by atoms with Gasteiger partial charge in [0.15, 0.2) is 0 Å². The Morgan fingerprint density at radius 3 is 2.65 bits per heavy atom. The zero-order valence-electron chi connectivity index (χ0n) is 11.1. The molecule has 4 heteroatoms. The van der Waals surface area contributed by atoms with Gasteiger partial charge in [0.2, 0.25) is 5.88 Å². The van der Waals surface area contributed by atoms with E-state index >= 15 is 0 Å². The van der Waals surface area contributed by atoms with Gasteiger partial charge >= 0.3 is 0 Å². The third-order valence-corrected chi connectivity index (χ3v) is 1.95. The zero-order chi connectivity index (χ0) is 12.7. The molecule has 0 aliphatic rings. The number of ether oxygens (including phenoxy) is 2. The summed E-state index contributed by atoms with van der Waals surface area (Å²) in [6.07, 6.45) is 0. The van der Waals surface area contributed by atoms with Crippen LogP contribution in [0.1, 0.15) is 27.7 Å². The first-order chi connectivity index (χ1) is 8.01. The zero-order valence-corrected chi connectivity index (χ0v) is 11.1. The second-order valence-corrected chi connectivity index (χ2v) is 4.70. The molecule has 0 aliphatic carbocycles. The van der Waals surface area contributed by atoms with Crippen molar-refractivity contribution in [3.05, 3.63) is 18.2 Å². The number of rotatable bonds is 6. The number of anilines is 1. The predicted octanol–water partition coefficient (Wildman–Crippen LogP) is 2.71. The molecule has 0 aliphatic heterocycles. The summed E-state index contributed by atoms with van der Waals surface area (Å²) in [5.74, 6) is 1.46. The fraction of sp³-hybridized carbons (Fsp3) is 0.615. The van der Waals surface area contributed by atoms with Gasteiger partial charge in [0, 0.05) is 12.6 Å². The summed E-state index contributed by atoms with van der Waals surface area (Å²) in [4.78, 5) is 4.31. The standard InChI is InChI=1S/C13H22N2O2/c1-5-14-11-7-6-8-12(15-11)16-9-10-17-13(2,3)4/h6-8H,5,9-10H2,1-4H3,(H,14,15). The fourth-order valence-corrected chi connectivity index (χ4v) is 1.27. The molecule has 0 aromatic carbocycles. The number of hydrogen-bond donors (Lipinski definition) is 1. The first-order valence-electron chi connectivity index (χ1n) is 5.99. The Kier molecular flexibility index (Phi) is 5.22. The van der Waals surface area contributed by atoms with E-state index in [0.29, 0.717) is 19.1 Å². The smallest absolute Gasteiger partial charge is 0.215 e. The van der Waals surface area contributed by atoms with Gasteiger partial charge in [-0.2, -0.15) is 4.98 Å². The van der Waals surface area contributed by atoms with Gasteiger partial charge in [-0.25, -0.2) is 0 Å². The van der Waals surface area contributed by atoms with E-state index in [0.717, 1.165) is 12.4 Å². The van der Waals surface area contributed by atoms with Crippen molar-refractivity contribution in [2.75, 3.05) is 25.1 Å². The molecular weight excluding hydrogens is 216 g/mol. The molecule has 0 spiro atoms. The minimum atomic E-state index is -0.123. The van der Waals surface area contributed by atoms with E-state index in [1.165, 1.54) is 0 Å². The molecule has 1 heterocycles. The molecular formula is C13H22N2O2. The van der Waals surface area contributed by atoms with E-state index in [2.05, 4.69) is 10.3 Å². The number of hydrogen-bond acceptors (Lipinski definition) is 4. The van der Waals surface area contributed by atoms with Crippen LogP contribution in [0.3, 0.4) is 0 Å². The topological polar surface area (TPSA) is 43.4 Å². The summed E-state index contributed by atoms with van der Waals surface area (Å²) in [5, 5.41) is 3.14. The van der Waals surface area contributed by atoms with Gasteiger partial charge in [-0.1, -0.05) is 6.07 Å². The maximum absolute atomic E-state index is 5.56. The molecule has 0 saturated heterocycles. The van der Waals surface area contributed by atoms with Crippen LogP contribution < -0.4 is 10.1 Å². The van der Waals surface area contributed by atoms with E-state index in [1.54, 1.807) is 0 Å². The van der Waals surface area contributed by atoms with E-state index < -0.39 is 0 Å². The number of aromatic nitrogens is 1. The highest BCUT2D eigenvalue weighted by Gasteiger charge is 2.09. The van der Waals surface area contributed by atoms with Gasteiger partial charge in [-0.15, -0.1) is 0 Å². The normalized spacial score (nSPS) is 11.3. The molecule has 96 valence electrons. The summed E-state index contributed by atoms with van der Waals surface area (Å²) >= 11 is 0. The summed E-state index contributed by atoms with van der Waals surface area (Å²) in [7, 11) is 0. The van der Waals surface area contributed by atoms with Gasteiger partial charge < -0.3 is 14.8 Å². The minimum Gasteiger partial charge on any atom is -0.475 e. The monoisotopic (exact) mass is 238 g/mol. The SMILES string of the molecule is CCNc1cccc(OCCOC(C)(C)C)n1. The van der Waals surface area contributed by atoms with E-state index in [-0.39, 0.29) is 5.60 Å². The van der Waals surface area contributed by atoms with E-state index in [4.69, 9.17) is 9.47 Å². The van der Waals surface area contributed by atoms with Crippen molar-refractivity contribution in [3.63, 3.8) is 0 Å². The lowest BCUT2D eigenvalue weighted by molar-refractivity contribution is -0.0167. The number of nitrogens with one attached hydrogen (secondary N) is 1. The third-order valence-electron chi connectivity index (χ3n) is 1.95. The van der Waals surface area contributed by atoms with Crippen LogP contribution in [0.2, 0.25) is 0 Å². The van der Waals surface area contributed by atoms with Gasteiger partial charge in [0.1, 0.15) is 12.4 Å². The molecule has 1 N–H and O–H groups in total. The first-order valence-corrected chi connectivity index (χ1v) is 5.99. The third kappa shape index (κ3) is 6.12. The van der Waals surface area contributed by atoms with Gasteiger partial charge in [0.25, 0.3) is 0 Å². The van der Waals surface area contributed by atoms with E-state index in [9.17, 15) is 0 Å². The predicted molar refractivity (Wildman–Crippen MR) is 69.6 cm³/mol. The van der Waals surface area contributed by atoms with Crippen LogP contribution in [-0.2, 0) is 4.74 Å². The number of pyridine rings is 1. The molecule has 0 fully saturated rings. The molecule has 1 aromatic heterocycles. The van der Waals surface area contributed by atoms with Crippen LogP contribution in [0.4, 0.5) is 5.82 Å². The van der Waals surface area contributed by atoms with Crippen LogP contribution in [-0.4, -0.2) is 30.3 Å². The quantitative estimate of drug-likeness (QED) is 0.774. The molecule has 0 unspecified atom stereocenters. The highest BCUT2D eigenvalue weighted by atomic mass is 16.5. The minimum absolute atomic E-state index is 0.123. The average molecular weight is 238 g/mol. The Balaban J connectivity index is 2.34. The Hall–Kier alpha value is -1.29. The maximum Gasteiger partial charge on any atom is 0.215 e. The van der Waals surface area contributed by atoms with Crippen LogP contribution in [0.25, 0.3) is 0 Å². The Bertz CT molecular complexity index is 334. The van der Waals surface area contributed by atoms with Crippen molar-refractivity contribution < 1.29 is 9.47 Å². The molecule has 0 atom stereocenters. The largest absolute Gasteiger partial charge is 0.475 e. The summed E-state index contributed by atoms with van der Waals surface area (Å²) in [6.45, 7) is 10.0. The lowest BCUT2D eigenvalue weighted by Crippen LogP contribution is -2.22.